The van der Waals surface area contributed by atoms with Gasteiger partial charge in [-0.2, -0.15) is 15.0 Å². The molecule has 3 aromatic rings. The van der Waals surface area contributed by atoms with Crippen molar-refractivity contribution in [3.8, 4) is 11.1 Å². The molecule has 0 fully saturated rings. The summed E-state index contributed by atoms with van der Waals surface area (Å²) >= 11 is 0. The van der Waals surface area contributed by atoms with Crippen molar-refractivity contribution >= 4 is 17.0 Å². The molecule has 19 heavy (non-hydrogen) atoms. The maximum Gasteiger partial charge on any atom is 0.335 e. The van der Waals surface area contributed by atoms with Crippen molar-refractivity contribution in [1.82, 2.24) is 15.0 Å². The van der Waals surface area contributed by atoms with E-state index in [2.05, 4.69) is 10.2 Å². The molecule has 0 aliphatic heterocycles. The van der Waals surface area contributed by atoms with Crippen LogP contribution in [0.1, 0.15) is 10.4 Å². The molecule has 0 saturated carbocycles. The van der Waals surface area contributed by atoms with Gasteiger partial charge in [0.25, 0.3) is 0 Å². The molecule has 0 bridgehead atoms. The fourth-order valence-electron chi connectivity index (χ4n) is 2.01. The van der Waals surface area contributed by atoms with Crippen LogP contribution in [-0.2, 0) is 7.05 Å². The monoisotopic (exact) mass is 253 g/mol. The van der Waals surface area contributed by atoms with Gasteiger partial charge in [0.2, 0.25) is 0 Å². The number of hydrogen-bond acceptors (Lipinski definition) is 3. The van der Waals surface area contributed by atoms with Crippen LogP contribution in [0.15, 0.2) is 42.5 Å². The molecule has 5 heteroatoms. The Morgan fingerprint density at radius 1 is 1.00 bits per heavy atom. The van der Waals surface area contributed by atoms with Crippen molar-refractivity contribution in [3.63, 3.8) is 0 Å². The SMILES string of the molecule is Cn1nc2ccc(-c3ccc(C(=O)O)cc3)cc2n1. The molecule has 94 valence electrons. The van der Waals surface area contributed by atoms with E-state index in [1.54, 1.807) is 31.3 Å². The molecule has 1 N–H and O–H groups in total. The number of carboxylic acids is 1. The standard InChI is InChI=1S/C14H11N3O2/c1-17-15-12-7-6-11(8-13(12)16-17)9-2-4-10(5-3-9)14(18)19/h2-8H,1H3,(H,18,19). The van der Waals surface area contributed by atoms with Gasteiger partial charge in [-0.1, -0.05) is 18.2 Å². The largest absolute Gasteiger partial charge is 0.478 e. The highest BCUT2D eigenvalue weighted by atomic mass is 16.4. The minimum atomic E-state index is -0.920. The molecule has 0 saturated heterocycles. The lowest BCUT2D eigenvalue weighted by Gasteiger charge is -2.01. The van der Waals surface area contributed by atoms with E-state index in [0.29, 0.717) is 0 Å². The van der Waals surface area contributed by atoms with E-state index in [1.807, 2.05) is 18.2 Å². The third-order valence-electron chi connectivity index (χ3n) is 2.95. The first kappa shape index (κ1) is 11.4. The highest BCUT2D eigenvalue weighted by molar-refractivity contribution is 5.88. The van der Waals surface area contributed by atoms with E-state index in [0.717, 1.165) is 22.2 Å². The minimum absolute atomic E-state index is 0.282. The molecule has 0 radical (unpaired) electrons. The maximum absolute atomic E-state index is 10.8. The Bertz CT molecular complexity index is 760. The van der Waals surface area contributed by atoms with Crippen molar-refractivity contribution < 1.29 is 9.90 Å². The smallest absolute Gasteiger partial charge is 0.335 e. The summed E-state index contributed by atoms with van der Waals surface area (Å²) in [6, 6.07) is 12.6. The second-order valence-electron chi connectivity index (χ2n) is 4.28. The molecule has 0 aliphatic rings. The van der Waals surface area contributed by atoms with Gasteiger partial charge in [0.05, 0.1) is 5.56 Å². The number of carbonyl (C=O) groups is 1. The van der Waals surface area contributed by atoms with Gasteiger partial charge < -0.3 is 5.11 Å². The zero-order chi connectivity index (χ0) is 13.4. The number of aryl methyl sites for hydroxylation is 1. The summed E-state index contributed by atoms with van der Waals surface area (Å²) in [5.41, 5.74) is 3.89. The third kappa shape index (κ3) is 2.06. The predicted molar refractivity (Wildman–Crippen MR) is 70.9 cm³/mol. The molecular formula is C14H11N3O2. The summed E-state index contributed by atoms with van der Waals surface area (Å²) in [6.07, 6.45) is 0. The van der Waals surface area contributed by atoms with Crippen LogP contribution in [0.5, 0.6) is 0 Å². The Morgan fingerprint density at radius 2 is 1.63 bits per heavy atom. The first-order valence-electron chi connectivity index (χ1n) is 5.78. The summed E-state index contributed by atoms with van der Waals surface area (Å²) in [7, 11) is 1.78. The van der Waals surface area contributed by atoms with Crippen molar-refractivity contribution in [1.29, 1.82) is 0 Å². The Labute approximate surface area is 109 Å². The minimum Gasteiger partial charge on any atom is -0.478 e. The molecule has 0 unspecified atom stereocenters. The normalized spacial score (nSPS) is 10.8. The second kappa shape index (κ2) is 4.20. The van der Waals surface area contributed by atoms with Crippen molar-refractivity contribution in [3.05, 3.63) is 48.0 Å². The zero-order valence-corrected chi connectivity index (χ0v) is 10.2. The van der Waals surface area contributed by atoms with Gasteiger partial charge in [-0.15, -0.1) is 0 Å². The summed E-state index contributed by atoms with van der Waals surface area (Å²) in [5.74, 6) is -0.920. The molecule has 0 atom stereocenters. The van der Waals surface area contributed by atoms with Crippen LogP contribution in [0.2, 0.25) is 0 Å². The highest BCUT2D eigenvalue weighted by Gasteiger charge is 2.05. The van der Waals surface area contributed by atoms with Crippen LogP contribution >= 0.6 is 0 Å². The molecule has 1 heterocycles. The third-order valence-corrected chi connectivity index (χ3v) is 2.95. The molecule has 0 aliphatic carbocycles. The van der Waals surface area contributed by atoms with Gasteiger partial charge in [0, 0.05) is 7.05 Å². The Morgan fingerprint density at radius 3 is 2.32 bits per heavy atom. The average molecular weight is 253 g/mol. The number of benzene rings is 2. The molecule has 0 amide bonds. The number of nitrogens with zero attached hydrogens (tertiary/aromatic N) is 3. The average Bonchev–Trinajstić information content (AvgIpc) is 2.77. The van der Waals surface area contributed by atoms with Crippen molar-refractivity contribution in [2.45, 2.75) is 0 Å². The number of fused-ring (bicyclic) bond motifs is 1. The summed E-state index contributed by atoms with van der Waals surface area (Å²) in [5, 5.41) is 17.3. The predicted octanol–water partition coefficient (Wildman–Crippen LogP) is 2.33. The zero-order valence-electron chi connectivity index (χ0n) is 10.2. The van der Waals surface area contributed by atoms with Gasteiger partial charge in [0.1, 0.15) is 11.0 Å². The van der Waals surface area contributed by atoms with Crippen LogP contribution < -0.4 is 0 Å². The Hall–Kier alpha value is -2.69. The number of aromatic carboxylic acids is 1. The van der Waals surface area contributed by atoms with Crippen molar-refractivity contribution in [2.75, 3.05) is 0 Å². The topological polar surface area (TPSA) is 68.0 Å². The molecule has 2 aromatic carbocycles. The fourth-order valence-corrected chi connectivity index (χ4v) is 2.01. The first-order valence-corrected chi connectivity index (χ1v) is 5.78. The Balaban J connectivity index is 2.05. The van der Waals surface area contributed by atoms with Crippen LogP contribution in [-0.4, -0.2) is 26.1 Å². The van der Waals surface area contributed by atoms with Gasteiger partial charge in [0.15, 0.2) is 0 Å². The lowest BCUT2D eigenvalue weighted by molar-refractivity contribution is 0.0697. The van der Waals surface area contributed by atoms with Crippen molar-refractivity contribution in [2.24, 2.45) is 7.05 Å². The van der Waals surface area contributed by atoms with E-state index in [4.69, 9.17) is 5.11 Å². The summed E-state index contributed by atoms with van der Waals surface area (Å²) in [6.45, 7) is 0. The molecular weight excluding hydrogens is 242 g/mol. The number of rotatable bonds is 2. The second-order valence-corrected chi connectivity index (χ2v) is 4.28. The van der Waals surface area contributed by atoms with Gasteiger partial charge in [-0.3, -0.25) is 0 Å². The van der Waals surface area contributed by atoms with E-state index in [-0.39, 0.29) is 5.56 Å². The van der Waals surface area contributed by atoms with Gasteiger partial charge in [-0.05, 0) is 35.4 Å². The lowest BCUT2D eigenvalue weighted by Crippen LogP contribution is -1.94. The maximum atomic E-state index is 10.8. The van der Waals surface area contributed by atoms with Gasteiger partial charge >= 0.3 is 5.97 Å². The Kier molecular flexibility index (Phi) is 2.52. The van der Waals surface area contributed by atoms with E-state index in [1.165, 1.54) is 4.80 Å². The molecule has 3 rings (SSSR count). The number of hydrogen-bond donors (Lipinski definition) is 1. The van der Waals surface area contributed by atoms with Crippen LogP contribution in [0.25, 0.3) is 22.2 Å². The van der Waals surface area contributed by atoms with E-state index in [9.17, 15) is 4.79 Å². The molecule has 0 spiro atoms. The number of aromatic nitrogens is 3. The lowest BCUT2D eigenvalue weighted by atomic mass is 10.0. The highest BCUT2D eigenvalue weighted by Crippen LogP contribution is 2.23. The summed E-state index contributed by atoms with van der Waals surface area (Å²) in [4.78, 5) is 12.3. The van der Waals surface area contributed by atoms with Crippen LogP contribution in [0.4, 0.5) is 0 Å². The van der Waals surface area contributed by atoms with E-state index < -0.39 is 5.97 Å². The van der Waals surface area contributed by atoms with Gasteiger partial charge in [-0.25, -0.2) is 4.79 Å². The summed E-state index contributed by atoms with van der Waals surface area (Å²) < 4.78 is 0. The molecule has 5 nitrogen and oxygen atoms in total. The first-order chi connectivity index (χ1) is 9.13. The van der Waals surface area contributed by atoms with Crippen LogP contribution in [0.3, 0.4) is 0 Å². The van der Waals surface area contributed by atoms with E-state index >= 15 is 0 Å². The van der Waals surface area contributed by atoms with Crippen LogP contribution in [0, 0.1) is 0 Å². The quantitative estimate of drug-likeness (QED) is 0.761. The number of carboxylic acid groups (broad SMARTS) is 1. The fraction of sp³-hybridized carbons (Fsp3) is 0.0714. The molecule has 1 aromatic heterocycles.